The molecule has 5 nitrogen and oxygen atoms in total. The Morgan fingerprint density at radius 1 is 1.09 bits per heavy atom. The molecule has 0 spiro atoms. The summed E-state index contributed by atoms with van der Waals surface area (Å²) in [4.78, 5) is 20.6. The summed E-state index contributed by atoms with van der Waals surface area (Å²) >= 11 is 1.39. The lowest BCUT2D eigenvalue weighted by Crippen LogP contribution is -2.32. The van der Waals surface area contributed by atoms with Gasteiger partial charge in [0.15, 0.2) is 0 Å². The Kier molecular flexibility index (Phi) is 6.38. The second-order valence-corrected chi connectivity index (χ2v) is 10.6. The smallest absolute Gasteiger partial charge is 0.391 e. The number of halogens is 3. The van der Waals surface area contributed by atoms with Crippen LogP contribution in [0.15, 0.2) is 36.5 Å². The summed E-state index contributed by atoms with van der Waals surface area (Å²) in [6.45, 7) is 0.529. The van der Waals surface area contributed by atoms with Crippen LogP contribution in [0.3, 0.4) is 0 Å². The van der Waals surface area contributed by atoms with Gasteiger partial charge >= 0.3 is 6.18 Å². The number of ether oxygens (including phenoxy) is 1. The second kappa shape index (κ2) is 9.33. The van der Waals surface area contributed by atoms with Gasteiger partial charge < -0.3 is 15.0 Å². The van der Waals surface area contributed by atoms with Gasteiger partial charge in [-0.3, -0.25) is 9.78 Å². The van der Waals surface area contributed by atoms with Crippen molar-refractivity contribution in [3.05, 3.63) is 52.5 Å². The van der Waals surface area contributed by atoms with Crippen LogP contribution in [0.5, 0.6) is 5.75 Å². The fraction of sp³-hybridized carbons (Fsp3) is 0.462. The molecule has 1 fully saturated rings. The van der Waals surface area contributed by atoms with Crippen molar-refractivity contribution in [3.8, 4) is 5.75 Å². The van der Waals surface area contributed by atoms with Crippen LogP contribution in [-0.4, -0.2) is 37.8 Å². The highest BCUT2D eigenvalue weighted by molar-refractivity contribution is 7.21. The lowest BCUT2D eigenvalue weighted by molar-refractivity contribution is -0.182. The first-order valence-electron chi connectivity index (χ1n) is 11.9. The number of rotatable bonds is 4. The van der Waals surface area contributed by atoms with E-state index in [2.05, 4.69) is 10.3 Å². The average Bonchev–Trinajstić information content (AvgIpc) is 3.24. The number of hydrogen-bond acceptors (Lipinski definition) is 5. The number of nitrogens with zero attached hydrogens (tertiary/aromatic N) is 2. The van der Waals surface area contributed by atoms with Crippen LogP contribution in [-0.2, 0) is 0 Å². The number of carbonyl (C=O) groups excluding carboxylic acids is 1. The minimum Gasteiger partial charge on any atom is -0.493 e. The highest BCUT2D eigenvalue weighted by atomic mass is 32.1. The Hall–Kier alpha value is -2.81. The predicted octanol–water partition coefficient (Wildman–Crippen LogP) is 6.45. The lowest BCUT2D eigenvalue weighted by atomic mass is 9.78. The molecule has 35 heavy (non-hydrogen) atoms. The van der Waals surface area contributed by atoms with Crippen molar-refractivity contribution in [1.29, 1.82) is 0 Å². The fourth-order valence-electron chi connectivity index (χ4n) is 5.33. The number of nitrogens with one attached hydrogen (secondary N) is 1. The molecule has 0 bridgehead atoms. The second-order valence-electron chi connectivity index (χ2n) is 9.54. The highest BCUT2D eigenvalue weighted by Crippen LogP contribution is 2.47. The van der Waals surface area contributed by atoms with Crippen molar-refractivity contribution >= 4 is 33.1 Å². The van der Waals surface area contributed by atoms with Crippen LogP contribution >= 0.6 is 11.3 Å². The number of carbonyl (C=O) groups is 1. The number of thiophene rings is 1. The van der Waals surface area contributed by atoms with E-state index >= 15 is 0 Å². The van der Waals surface area contributed by atoms with E-state index in [1.54, 1.807) is 6.20 Å². The van der Waals surface area contributed by atoms with Crippen molar-refractivity contribution in [3.63, 3.8) is 0 Å². The Morgan fingerprint density at radius 2 is 1.83 bits per heavy atom. The number of hydrogen-bond donors (Lipinski definition) is 1. The van der Waals surface area contributed by atoms with Crippen LogP contribution in [0.25, 0.3) is 10.2 Å². The average molecular weight is 504 g/mol. The highest BCUT2D eigenvalue weighted by Gasteiger charge is 2.42. The zero-order valence-electron chi connectivity index (χ0n) is 19.7. The van der Waals surface area contributed by atoms with E-state index in [0.29, 0.717) is 30.7 Å². The van der Waals surface area contributed by atoms with Gasteiger partial charge in [-0.2, -0.15) is 13.2 Å². The molecular weight excluding hydrogens is 475 g/mol. The number of aromatic nitrogens is 1. The summed E-state index contributed by atoms with van der Waals surface area (Å²) in [5.41, 5.74) is 3.43. The quantitative estimate of drug-likeness (QED) is 0.445. The summed E-state index contributed by atoms with van der Waals surface area (Å²) in [5.74, 6) is -0.580. The molecule has 1 saturated carbocycles. The molecule has 1 aliphatic carbocycles. The number of pyridine rings is 1. The summed E-state index contributed by atoms with van der Waals surface area (Å²) in [7, 11) is 3.76. The molecule has 5 rings (SSSR count). The van der Waals surface area contributed by atoms with Gasteiger partial charge in [-0.05, 0) is 49.3 Å². The third kappa shape index (κ3) is 4.58. The summed E-state index contributed by atoms with van der Waals surface area (Å²) in [6.07, 6.45) is -0.493. The SMILES string of the molecule is CN(C)c1c(C(=O)N[C@H]2CCOc3ccccc32)sc2c1nccc2[C@H]1CC[C@@H](C(F)(F)F)CC1. The normalized spacial score (nSPS) is 22.4. The van der Waals surface area contributed by atoms with E-state index in [9.17, 15) is 18.0 Å². The number of amides is 1. The Balaban J connectivity index is 1.46. The zero-order chi connectivity index (χ0) is 24.7. The molecule has 186 valence electrons. The number of alkyl halides is 3. The van der Waals surface area contributed by atoms with Gasteiger partial charge in [0, 0.05) is 32.3 Å². The topological polar surface area (TPSA) is 54.5 Å². The van der Waals surface area contributed by atoms with Crippen molar-refractivity contribution in [1.82, 2.24) is 10.3 Å². The molecule has 0 saturated heterocycles. The Labute approximate surface area is 206 Å². The van der Waals surface area contributed by atoms with E-state index < -0.39 is 12.1 Å². The van der Waals surface area contributed by atoms with Crippen LogP contribution in [0.2, 0.25) is 0 Å². The van der Waals surface area contributed by atoms with Gasteiger partial charge in [-0.1, -0.05) is 18.2 Å². The molecule has 1 aromatic carbocycles. The molecular formula is C26H28F3N3O2S. The van der Waals surface area contributed by atoms with E-state index in [-0.39, 0.29) is 30.7 Å². The maximum Gasteiger partial charge on any atom is 0.391 e. The van der Waals surface area contributed by atoms with E-state index in [1.165, 1.54) is 11.3 Å². The molecule has 0 unspecified atom stereocenters. The van der Waals surface area contributed by atoms with Crippen molar-refractivity contribution < 1.29 is 22.7 Å². The van der Waals surface area contributed by atoms with Gasteiger partial charge in [-0.25, -0.2) is 0 Å². The largest absolute Gasteiger partial charge is 0.493 e. The first-order valence-corrected chi connectivity index (χ1v) is 12.7. The van der Waals surface area contributed by atoms with Crippen molar-refractivity contribution in [2.24, 2.45) is 5.92 Å². The van der Waals surface area contributed by atoms with Crippen LogP contribution in [0.4, 0.5) is 18.9 Å². The third-order valence-electron chi connectivity index (χ3n) is 7.13. The van der Waals surface area contributed by atoms with Gasteiger partial charge in [0.25, 0.3) is 5.91 Å². The van der Waals surface area contributed by atoms with Gasteiger partial charge in [0.2, 0.25) is 0 Å². The fourth-order valence-corrected chi connectivity index (χ4v) is 6.67. The van der Waals surface area contributed by atoms with E-state index in [4.69, 9.17) is 4.74 Å². The Bertz CT molecular complexity index is 1230. The molecule has 1 N–H and O–H groups in total. The number of benzene rings is 1. The molecule has 3 heterocycles. The summed E-state index contributed by atoms with van der Waals surface area (Å²) in [6, 6.07) is 9.47. The number of fused-ring (bicyclic) bond motifs is 2. The van der Waals surface area contributed by atoms with Gasteiger partial charge in [0.1, 0.15) is 16.1 Å². The van der Waals surface area contributed by atoms with E-state index in [0.717, 1.165) is 32.8 Å². The van der Waals surface area contributed by atoms with Crippen molar-refractivity contribution in [2.45, 2.75) is 50.2 Å². The van der Waals surface area contributed by atoms with Crippen LogP contribution < -0.4 is 15.0 Å². The molecule has 3 aromatic rings. The lowest BCUT2D eigenvalue weighted by Gasteiger charge is -2.30. The maximum absolute atomic E-state index is 13.5. The minimum atomic E-state index is -4.13. The molecule has 1 atom stereocenters. The van der Waals surface area contributed by atoms with Crippen molar-refractivity contribution in [2.75, 3.05) is 25.6 Å². The van der Waals surface area contributed by atoms with Gasteiger partial charge in [-0.15, -0.1) is 11.3 Å². The molecule has 9 heteroatoms. The molecule has 2 aromatic heterocycles. The third-order valence-corrected chi connectivity index (χ3v) is 8.34. The number of para-hydroxylation sites is 1. The zero-order valence-corrected chi connectivity index (χ0v) is 20.5. The molecule has 1 amide bonds. The first-order chi connectivity index (χ1) is 16.7. The molecule has 1 aliphatic heterocycles. The van der Waals surface area contributed by atoms with Crippen LogP contribution in [0.1, 0.15) is 64.9 Å². The van der Waals surface area contributed by atoms with Crippen LogP contribution in [0, 0.1) is 5.92 Å². The molecule has 0 radical (unpaired) electrons. The van der Waals surface area contributed by atoms with Gasteiger partial charge in [0.05, 0.1) is 29.0 Å². The number of anilines is 1. The summed E-state index contributed by atoms with van der Waals surface area (Å²) < 4.78 is 46.1. The Morgan fingerprint density at radius 3 is 2.54 bits per heavy atom. The first kappa shape index (κ1) is 23.9. The summed E-state index contributed by atoms with van der Waals surface area (Å²) in [5, 5.41) is 3.18. The minimum absolute atomic E-state index is 0.0334. The monoisotopic (exact) mass is 503 g/mol. The van der Waals surface area contributed by atoms with E-state index in [1.807, 2.05) is 49.3 Å². The predicted molar refractivity (Wildman–Crippen MR) is 131 cm³/mol. The molecule has 2 aliphatic rings. The standard InChI is InChI=1S/C26H28F3N3O2S/c1-32(2)22-21-23(17(11-13-30-21)15-7-9-16(10-8-15)26(27,28)29)35-24(22)25(33)31-19-12-14-34-20-6-4-3-5-18(19)20/h3-6,11,13,15-16,19H,7-10,12,14H2,1-2H3,(H,31,33)/t15-,16+,19-/m0/s1. The maximum atomic E-state index is 13.5.